The number of ether oxygens (including phenoxy) is 1. The molecule has 5 nitrogen and oxygen atoms in total. The first-order chi connectivity index (χ1) is 16.6. The first-order valence-corrected chi connectivity index (χ1v) is 11.7. The van der Waals surface area contributed by atoms with Gasteiger partial charge in [-0.1, -0.05) is 61.9 Å². The second kappa shape index (κ2) is 10.8. The summed E-state index contributed by atoms with van der Waals surface area (Å²) < 4.78 is 11.6. The number of rotatable bonds is 10. The quantitative estimate of drug-likeness (QED) is 0.287. The summed E-state index contributed by atoms with van der Waals surface area (Å²) in [6, 6.07) is 24.2. The third kappa shape index (κ3) is 5.37. The molecule has 5 heteroatoms. The molecule has 34 heavy (non-hydrogen) atoms. The van der Waals surface area contributed by atoms with E-state index in [1.54, 1.807) is 24.3 Å². The standard InChI is InChI=1S/C29H29NO4/c1-3-4-13-26-28(24-12-8-9-14-25(24)34-26)29(32)22-15-17-23(18-16-22)33-19-27(31)30-20(2)21-10-6-5-7-11-21/h5-12,14-18,20H,3-4,13,19H2,1-2H3,(H,30,31)/t20-/m0/s1. The molecule has 174 valence electrons. The van der Waals surface area contributed by atoms with Crippen LogP contribution in [0.15, 0.2) is 83.3 Å². The van der Waals surface area contributed by atoms with Crippen LogP contribution >= 0.6 is 0 Å². The van der Waals surface area contributed by atoms with Gasteiger partial charge >= 0.3 is 0 Å². The summed E-state index contributed by atoms with van der Waals surface area (Å²) >= 11 is 0. The molecule has 0 fully saturated rings. The van der Waals surface area contributed by atoms with Crippen LogP contribution in [0.2, 0.25) is 0 Å². The summed E-state index contributed by atoms with van der Waals surface area (Å²) in [5.41, 5.74) is 2.95. The number of amides is 1. The van der Waals surface area contributed by atoms with Crippen LogP contribution in [0.5, 0.6) is 5.75 Å². The van der Waals surface area contributed by atoms with Gasteiger partial charge in [-0.3, -0.25) is 9.59 Å². The summed E-state index contributed by atoms with van der Waals surface area (Å²) in [5, 5.41) is 3.76. The van der Waals surface area contributed by atoms with Crippen LogP contribution in [0.4, 0.5) is 0 Å². The second-order valence-electron chi connectivity index (χ2n) is 8.34. The van der Waals surface area contributed by atoms with Gasteiger partial charge in [0.25, 0.3) is 5.91 Å². The molecule has 0 aliphatic carbocycles. The molecular weight excluding hydrogens is 426 g/mol. The maximum atomic E-state index is 13.4. The van der Waals surface area contributed by atoms with E-state index in [4.69, 9.17) is 9.15 Å². The molecule has 4 aromatic rings. The van der Waals surface area contributed by atoms with E-state index in [2.05, 4.69) is 12.2 Å². The highest BCUT2D eigenvalue weighted by Gasteiger charge is 2.21. The first kappa shape index (κ1) is 23.3. The average Bonchev–Trinajstić information content (AvgIpc) is 3.25. The van der Waals surface area contributed by atoms with Gasteiger partial charge in [0.2, 0.25) is 0 Å². The van der Waals surface area contributed by atoms with E-state index >= 15 is 0 Å². The summed E-state index contributed by atoms with van der Waals surface area (Å²) in [7, 11) is 0. The monoisotopic (exact) mass is 455 g/mol. The van der Waals surface area contributed by atoms with Crippen LogP contribution < -0.4 is 10.1 Å². The topological polar surface area (TPSA) is 68.5 Å². The molecule has 1 N–H and O–H groups in total. The zero-order valence-electron chi connectivity index (χ0n) is 19.5. The van der Waals surface area contributed by atoms with Crippen molar-refractivity contribution in [3.8, 4) is 5.75 Å². The van der Waals surface area contributed by atoms with Gasteiger partial charge in [0.05, 0.1) is 11.6 Å². The lowest BCUT2D eigenvalue weighted by Crippen LogP contribution is -2.31. The summed E-state index contributed by atoms with van der Waals surface area (Å²) in [5.74, 6) is 0.985. The van der Waals surface area contributed by atoms with Crippen LogP contribution in [-0.4, -0.2) is 18.3 Å². The molecule has 1 amide bonds. The number of hydrogen-bond acceptors (Lipinski definition) is 4. The van der Waals surface area contributed by atoms with Gasteiger partial charge < -0.3 is 14.5 Å². The number of unbranched alkanes of at least 4 members (excludes halogenated alkanes) is 1. The Balaban J connectivity index is 1.42. The van der Waals surface area contributed by atoms with Crippen molar-refractivity contribution < 1.29 is 18.7 Å². The number of benzene rings is 3. The molecule has 1 heterocycles. The number of carbonyl (C=O) groups is 2. The molecule has 0 spiro atoms. The van der Waals surface area contributed by atoms with E-state index < -0.39 is 0 Å². The Hall–Kier alpha value is -3.86. The van der Waals surface area contributed by atoms with Crippen molar-refractivity contribution in [3.05, 3.63) is 101 Å². The highest BCUT2D eigenvalue weighted by Crippen LogP contribution is 2.29. The van der Waals surface area contributed by atoms with Crippen molar-refractivity contribution in [2.24, 2.45) is 0 Å². The van der Waals surface area contributed by atoms with Crippen molar-refractivity contribution in [1.29, 1.82) is 0 Å². The van der Waals surface area contributed by atoms with Crippen LogP contribution in [0, 0.1) is 0 Å². The minimum absolute atomic E-state index is 0.0722. The lowest BCUT2D eigenvalue weighted by molar-refractivity contribution is -0.123. The molecule has 3 aromatic carbocycles. The largest absolute Gasteiger partial charge is 0.484 e. The van der Waals surface area contributed by atoms with Gasteiger partial charge in [0.15, 0.2) is 12.4 Å². The molecule has 0 radical (unpaired) electrons. The second-order valence-corrected chi connectivity index (χ2v) is 8.34. The maximum Gasteiger partial charge on any atom is 0.258 e. The van der Waals surface area contributed by atoms with Gasteiger partial charge in [-0.25, -0.2) is 0 Å². The number of hydrogen-bond donors (Lipinski definition) is 1. The summed E-state index contributed by atoms with van der Waals surface area (Å²) in [4.78, 5) is 25.7. The Morgan fingerprint density at radius 3 is 2.38 bits per heavy atom. The normalized spacial score (nSPS) is 11.8. The molecule has 1 aromatic heterocycles. The van der Waals surface area contributed by atoms with Crippen LogP contribution in [0.25, 0.3) is 11.0 Å². The minimum Gasteiger partial charge on any atom is -0.484 e. The number of para-hydroxylation sites is 1. The number of carbonyl (C=O) groups excluding carboxylic acids is 2. The van der Waals surface area contributed by atoms with E-state index in [0.29, 0.717) is 16.9 Å². The number of aryl methyl sites for hydroxylation is 1. The Morgan fingerprint density at radius 2 is 1.65 bits per heavy atom. The highest BCUT2D eigenvalue weighted by molar-refractivity contribution is 6.16. The fourth-order valence-corrected chi connectivity index (χ4v) is 3.96. The van der Waals surface area contributed by atoms with E-state index in [9.17, 15) is 9.59 Å². The SMILES string of the molecule is CCCCc1oc2ccccc2c1C(=O)c1ccc(OCC(=O)N[C@@H](C)c2ccccc2)cc1. The van der Waals surface area contributed by atoms with Crippen LogP contribution in [-0.2, 0) is 11.2 Å². The van der Waals surface area contributed by atoms with Crippen LogP contribution in [0.1, 0.15) is 60.0 Å². The van der Waals surface area contributed by atoms with Gasteiger partial charge in [-0.2, -0.15) is 0 Å². The van der Waals surface area contributed by atoms with E-state index in [1.165, 1.54) is 0 Å². The summed E-state index contributed by atoms with van der Waals surface area (Å²) in [6.07, 6.45) is 2.70. The Labute approximate surface area is 199 Å². The molecule has 0 unspecified atom stereocenters. The van der Waals surface area contributed by atoms with Gasteiger partial charge in [0, 0.05) is 17.4 Å². The highest BCUT2D eigenvalue weighted by atomic mass is 16.5. The van der Waals surface area contributed by atoms with Crippen molar-refractivity contribution in [2.75, 3.05) is 6.61 Å². The van der Waals surface area contributed by atoms with E-state index in [0.717, 1.165) is 41.6 Å². The smallest absolute Gasteiger partial charge is 0.258 e. The number of ketones is 1. The van der Waals surface area contributed by atoms with Crippen molar-refractivity contribution >= 4 is 22.7 Å². The van der Waals surface area contributed by atoms with Gasteiger partial charge in [-0.15, -0.1) is 0 Å². The Kier molecular flexibility index (Phi) is 7.43. The third-order valence-electron chi connectivity index (χ3n) is 5.82. The van der Waals surface area contributed by atoms with Crippen molar-refractivity contribution in [2.45, 2.75) is 39.2 Å². The lowest BCUT2D eigenvalue weighted by atomic mass is 9.98. The Bertz CT molecular complexity index is 1260. The number of nitrogens with one attached hydrogen (secondary N) is 1. The predicted molar refractivity (Wildman–Crippen MR) is 133 cm³/mol. The zero-order chi connectivity index (χ0) is 23.9. The molecule has 4 rings (SSSR count). The molecule has 0 saturated heterocycles. The van der Waals surface area contributed by atoms with Gasteiger partial charge in [-0.05, 0) is 49.2 Å². The molecule has 0 bridgehead atoms. The first-order valence-electron chi connectivity index (χ1n) is 11.7. The van der Waals surface area contributed by atoms with Crippen LogP contribution in [0.3, 0.4) is 0 Å². The van der Waals surface area contributed by atoms with Crippen molar-refractivity contribution in [1.82, 2.24) is 5.32 Å². The van der Waals surface area contributed by atoms with E-state index in [1.807, 2.05) is 61.5 Å². The average molecular weight is 456 g/mol. The lowest BCUT2D eigenvalue weighted by Gasteiger charge is -2.14. The fraction of sp³-hybridized carbons (Fsp3) is 0.241. The minimum atomic E-state index is -0.207. The molecule has 0 saturated carbocycles. The zero-order valence-corrected chi connectivity index (χ0v) is 19.5. The third-order valence-corrected chi connectivity index (χ3v) is 5.82. The molecule has 1 atom stereocenters. The molecular formula is C29H29NO4. The Morgan fingerprint density at radius 1 is 0.941 bits per heavy atom. The summed E-state index contributed by atoms with van der Waals surface area (Å²) in [6.45, 7) is 3.95. The van der Waals surface area contributed by atoms with E-state index in [-0.39, 0.29) is 24.3 Å². The maximum absolute atomic E-state index is 13.4. The van der Waals surface area contributed by atoms with Gasteiger partial charge in [0.1, 0.15) is 17.1 Å². The fourth-order valence-electron chi connectivity index (χ4n) is 3.96. The number of furan rings is 1. The predicted octanol–water partition coefficient (Wildman–Crippen LogP) is 6.26. The molecule has 0 aliphatic rings. The van der Waals surface area contributed by atoms with Crippen molar-refractivity contribution in [3.63, 3.8) is 0 Å². The number of fused-ring (bicyclic) bond motifs is 1. The molecule has 0 aliphatic heterocycles.